The number of methoxy groups -OCH3 is 1. The molecular weight excluding hydrogens is 352 g/mol. The topological polar surface area (TPSA) is 98.5 Å². The first-order valence-corrected chi connectivity index (χ1v) is 9.92. The fourth-order valence-corrected chi connectivity index (χ4v) is 3.86. The number of hydrogen-bond acceptors (Lipinski definition) is 4. The highest BCUT2D eigenvalue weighted by Gasteiger charge is 2.23. The first-order valence-electron chi connectivity index (χ1n) is 8.38. The summed E-state index contributed by atoms with van der Waals surface area (Å²) >= 11 is 0. The molecule has 1 aliphatic carbocycles. The Hall–Kier alpha value is -2.38. The normalized spacial score (nSPS) is 16.7. The van der Waals surface area contributed by atoms with Crippen LogP contribution >= 0.6 is 0 Å². The quantitative estimate of drug-likeness (QED) is 0.854. The number of primary sulfonamides is 1. The minimum absolute atomic E-state index is 0.0732. The van der Waals surface area contributed by atoms with Crippen LogP contribution in [0.15, 0.2) is 41.3 Å². The number of nitrogens with one attached hydrogen (secondary N) is 1. The zero-order valence-electron chi connectivity index (χ0n) is 14.8. The van der Waals surface area contributed by atoms with Gasteiger partial charge in [0.2, 0.25) is 10.0 Å². The van der Waals surface area contributed by atoms with Gasteiger partial charge in [-0.3, -0.25) is 4.79 Å². The molecule has 3 N–H and O–H groups in total. The summed E-state index contributed by atoms with van der Waals surface area (Å²) in [5.41, 5.74) is 3.47. The molecule has 0 radical (unpaired) electrons. The standard InChI is InChI=1S/C19H22N2O4S/c1-12-3-8-18(25-2)17(9-12)19(22)21-15-6-4-13-5-7-16(26(20,23)24)11-14(13)10-15/h3,5,7-9,11,15H,4,6,10H2,1-2H3,(H,21,22)(H2,20,23,24). The Kier molecular flexibility index (Phi) is 5.02. The van der Waals surface area contributed by atoms with Crippen molar-refractivity contribution in [2.24, 2.45) is 5.14 Å². The number of rotatable bonds is 4. The lowest BCUT2D eigenvalue weighted by molar-refractivity contribution is 0.0930. The van der Waals surface area contributed by atoms with Gasteiger partial charge >= 0.3 is 0 Å². The van der Waals surface area contributed by atoms with E-state index in [-0.39, 0.29) is 16.8 Å². The first kappa shape index (κ1) is 18.4. The lowest BCUT2D eigenvalue weighted by Crippen LogP contribution is -2.39. The number of hydrogen-bond donors (Lipinski definition) is 2. The summed E-state index contributed by atoms with van der Waals surface area (Å²) in [6.07, 6.45) is 2.14. The minimum atomic E-state index is -3.74. The van der Waals surface area contributed by atoms with Crippen LogP contribution in [0, 0.1) is 6.92 Å². The van der Waals surface area contributed by atoms with Crippen LogP contribution in [0.3, 0.4) is 0 Å². The molecule has 0 aromatic heterocycles. The van der Waals surface area contributed by atoms with Crippen LogP contribution < -0.4 is 15.2 Å². The third-order valence-electron chi connectivity index (χ3n) is 4.67. The number of ether oxygens (including phenoxy) is 1. The molecule has 2 aromatic carbocycles. The molecule has 6 nitrogen and oxygen atoms in total. The fourth-order valence-electron chi connectivity index (χ4n) is 3.30. The highest BCUT2D eigenvalue weighted by atomic mass is 32.2. The van der Waals surface area contributed by atoms with E-state index in [0.717, 1.165) is 29.5 Å². The zero-order chi connectivity index (χ0) is 18.9. The van der Waals surface area contributed by atoms with E-state index >= 15 is 0 Å². The fraction of sp³-hybridized carbons (Fsp3) is 0.316. The number of carbonyl (C=O) groups excluding carboxylic acids is 1. The highest BCUT2D eigenvalue weighted by molar-refractivity contribution is 7.89. The molecule has 0 heterocycles. The summed E-state index contributed by atoms with van der Waals surface area (Å²) in [5.74, 6) is 0.336. The molecule has 0 fully saturated rings. The maximum absolute atomic E-state index is 12.7. The first-order chi connectivity index (χ1) is 12.3. The van der Waals surface area contributed by atoms with Gasteiger partial charge in [0.1, 0.15) is 5.75 Å². The average Bonchev–Trinajstić information content (AvgIpc) is 2.60. The molecule has 0 spiro atoms. The molecular formula is C19H22N2O4S. The second-order valence-corrected chi connectivity index (χ2v) is 8.15. The summed E-state index contributed by atoms with van der Waals surface area (Å²) in [7, 11) is -2.20. The molecule has 7 heteroatoms. The van der Waals surface area contributed by atoms with Gasteiger partial charge in [0, 0.05) is 6.04 Å². The Bertz CT molecular complexity index is 954. The lowest BCUT2D eigenvalue weighted by Gasteiger charge is -2.26. The van der Waals surface area contributed by atoms with Crippen LogP contribution in [0.1, 0.15) is 33.5 Å². The van der Waals surface area contributed by atoms with E-state index < -0.39 is 10.0 Å². The van der Waals surface area contributed by atoms with E-state index in [1.807, 2.05) is 13.0 Å². The molecule has 1 atom stereocenters. The molecule has 0 aliphatic heterocycles. The van der Waals surface area contributed by atoms with Gasteiger partial charge in [-0.05, 0) is 61.6 Å². The SMILES string of the molecule is COc1ccc(C)cc1C(=O)NC1CCc2ccc(S(N)(=O)=O)cc2C1. The second-order valence-electron chi connectivity index (χ2n) is 6.59. The van der Waals surface area contributed by atoms with Gasteiger partial charge in [0.25, 0.3) is 5.91 Å². The van der Waals surface area contributed by atoms with Crippen molar-refractivity contribution in [3.8, 4) is 5.75 Å². The summed E-state index contributed by atoms with van der Waals surface area (Å²) in [6, 6.07) is 10.3. The van der Waals surface area contributed by atoms with Crippen molar-refractivity contribution in [3.63, 3.8) is 0 Å². The summed E-state index contributed by atoms with van der Waals surface area (Å²) < 4.78 is 28.4. The Labute approximate surface area is 153 Å². The third-order valence-corrected chi connectivity index (χ3v) is 5.58. The second kappa shape index (κ2) is 7.09. The number of fused-ring (bicyclic) bond motifs is 1. The summed E-state index contributed by atoms with van der Waals surface area (Å²) in [5, 5.41) is 8.25. The van der Waals surface area contributed by atoms with E-state index in [9.17, 15) is 13.2 Å². The Balaban J connectivity index is 1.79. The van der Waals surface area contributed by atoms with Crippen LogP contribution in [0.5, 0.6) is 5.75 Å². The highest BCUT2D eigenvalue weighted by Crippen LogP contribution is 2.25. The Morgan fingerprint density at radius 2 is 1.96 bits per heavy atom. The number of aryl methyl sites for hydroxylation is 2. The van der Waals surface area contributed by atoms with Crippen molar-refractivity contribution >= 4 is 15.9 Å². The van der Waals surface area contributed by atoms with Crippen molar-refractivity contribution in [1.29, 1.82) is 0 Å². The summed E-state index contributed by atoms with van der Waals surface area (Å²) in [6.45, 7) is 1.92. The van der Waals surface area contributed by atoms with Crippen LogP contribution in [-0.2, 0) is 22.9 Å². The molecule has 138 valence electrons. The monoisotopic (exact) mass is 374 g/mol. The van der Waals surface area contributed by atoms with Crippen LogP contribution in [0.2, 0.25) is 0 Å². The predicted molar refractivity (Wildman–Crippen MR) is 98.8 cm³/mol. The lowest BCUT2D eigenvalue weighted by atomic mass is 9.88. The molecule has 26 heavy (non-hydrogen) atoms. The van der Waals surface area contributed by atoms with Gasteiger partial charge in [0.15, 0.2) is 0 Å². The van der Waals surface area contributed by atoms with E-state index in [2.05, 4.69) is 5.32 Å². The number of sulfonamides is 1. The van der Waals surface area contributed by atoms with E-state index in [0.29, 0.717) is 17.7 Å². The number of amides is 1. The van der Waals surface area contributed by atoms with Crippen LogP contribution in [0.4, 0.5) is 0 Å². The molecule has 0 saturated heterocycles. The maximum Gasteiger partial charge on any atom is 0.255 e. The molecule has 0 bridgehead atoms. The van der Waals surface area contributed by atoms with E-state index in [1.54, 1.807) is 24.3 Å². The molecule has 1 amide bonds. The van der Waals surface area contributed by atoms with Crippen LogP contribution in [0.25, 0.3) is 0 Å². The molecule has 0 saturated carbocycles. The van der Waals surface area contributed by atoms with E-state index in [4.69, 9.17) is 9.88 Å². The van der Waals surface area contributed by atoms with Crippen molar-refractivity contribution in [2.75, 3.05) is 7.11 Å². The number of carbonyl (C=O) groups is 1. The number of benzene rings is 2. The third kappa shape index (κ3) is 3.89. The number of nitrogens with two attached hydrogens (primary N) is 1. The van der Waals surface area contributed by atoms with Crippen LogP contribution in [-0.4, -0.2) is 27.5 Å². The van der Waals surface area contributed by atoms with Gasteiger partial charge in [-0.1, -0.05) is 17.7 Å². The smallest absolute Gasteiger partial charge is 0.255 e. The van der Waals surface area contributed by atoms with Crippen molar-refractivity contribution in [3.05, 3.63) is 58.7 Å². The van der Waals surface area contributed by atoms with Gasteiger partial charge in [-0.25, -0.2) is 13.6 Å². The maximum atomic E-state index is 12.7. The molecule has 1 unspecified atom stereocenters. The predicted octanol–water partition coefficient (Wildman–Crippen LogP) is 1.94. The van der Waals surface area contributed by atoms with Crippen molar-refractivity contribution in [2.45, 2.75) is 37.1 Å². The van der Waals surface area contributed by atoms with Gasteiger partial charge in [-0.2, -0.15) is 0 Å². The average molecular weight is 374 g/mol. The van der Waals surface area contributed by atoms with Crippen molar-refractivity contribution in [1.82, 2.24) is 5.32 Å². The van der Waals surface area contributed by atoms with Gasteiger partial charge in [-0.15, -0.1) is 0 Å². The minimum Gasteiger partial charge on any atom is -0.496 e. The Morgan fingerprint density at radius 3 is 2.65 bits per heavy atom. The molecule has 1 aliphatic rings. The van der Waals surface area contributed by atoms with Crippen molar-refractivity contribution < 1.29 is 17.9 Å². The van der Waals surface area contributed by atoms with E-state index in [1.165, 1.54) is 13.2 Å². The Morgan fingerprint density at radius 1 is 1.19 bits per heavy atom. The van der Waals surface area contributed by atoms with Gasteiger partial charge in [0.05, 0.1) is 17.6 Å². The zero-order valence-corrected chi connectivity index (χ0v) is 15.6. The van der Waals surface area contributed by atoms with Gasteiger partial charge < -0.3 is 10.1 Å². The largest absolute Gasteiger partial charge is 0.496 e. The summed E-state index contributed by atoms with van der Waals surface area (Å²) in [4.78, 5) is 12.8. The molecule has 2 aromatic rings. The molecule has 3 rings (SSSR count).